The molecule has 0 radical (unpaired) electrons. The van der Waals surface area contributed by atoms with Crippen LogP contribution in [0.1, 0.15) is 19.1 Å². The highest BCUT2D eigenvalue weighted by molar-refractivity contribution is 5.80. The topological polar surface area (TPSA) is 82.8 Å². The van der Waals surface area contributed by atoms with Crippen LogP contribution < -0.4 is 5.32 Å². The van der Waals surface area contributed by atoms with Crippen LogP contribution in [0.15, 0.2) is 35.5 Å². The zero-order chi connectivity index (χ0) is 15.0. The summed E-state index contributed by atoms with van der Waals surface area (Å²) in [6, 6.07) is 3.22. The fraction of sp³-hybridized carbons (Fsp3) is 0.429. The first-order chi connectivity index (χ1) is 9.52. The summed E-state index contributed by atoms with van der Waals surface area (Å²) in [6.07, 6.45) is 4.54. The number of carboxylic acids is 1. The molecule has 1 aromatic heterocycles. The fourth-order valence-electron chi connectivity index (χ4n) is 1.73. The Morgan fingerprint density at radius 1 is 1.60 bits per heavy atom. The third-order valence-corrected chi connectivity index (χ3v) is 2.74. The highest BCUT2D eigenvalue weighted by Crippen LogP contribution is 2.06. The largest absolute Gasteiger partial charge is 0.480 e. The lowest BCUT2D eigenvalue weighted by atomic mass is 10.1. The quantitative estimate of drug-likeness (QED) is 0.712. The van der Waals surface area contributed by atoms with E-state index in [1.165, 1.54) is 11.0 Å². The molecule has 0 aliphatic heterocycles. The number of urea groups is 1. The highest BCUT2D eigenvalue weighted by Gasteiger charge is 2.17. The van der Waals surface area contributed by atoms with Crippen molar-refractivity contribution in [3.8, 4) is 0 Å². The lowest BCUT2D eigenvalue weighted by Crippen LogP contribution is -2.46. The van der Waals surface area contributed by atoms with Gasteiger partial charge in [0.1, 0.15) is 12.3 Å². The molecule has 2 amide bonds. The summed E-state index contributed by atoms with van der Waals surface area (Å²) < 4.78 is 5.21. The van der Waals surface area contributed by atoms with E-state index in [4.69, 9.17) is 9.52 Å². The molecule has 2 N–H and O–H groups in total. The van der Waals surface area contributed by atoms with E-state index in [0.29, 0.717) is 6.42 Å². The van der Waals surface area contributed by atoms with Gasteiger partial charge in [0, 0.05) is 19.0 Å². The molecule has 1 rings (SSSR count). The van der Waals surface area contributed by atoms with Crippen LogP contribution in [0.2, 0.25) is 0 Å². The molecule has 6 nitrogen and oxygen atoms in total. The van der Waals surface area contributed by atoms with Crippen molar-refractivity contribution in [3.05, 3.63) is 36.8 Å². The van der Waals surface area contributed by atoms with Crippen molar-refractivity contribution in [2.45, 2.75) is 25.8 Å². The van der Waals surface area contributed by atoms with Crippen LogP contribution in [0.3, 0.4) is 0 Å². The lowest BCUT2D eigenvalue weighted by Gasteiger charge is -2.22. The van der Waals surface area contributed by atoms with E-state index in [9.17, 15) is 9.59 Å². The number of hydrogen-bond acceptors (Lipinski definition) is 3. The molecule has 0 bridgehead atoms. The van der Waals surface area contributed by atoms with Gasteiger partial charge in [-0.25, -0.2) is 4.79 Å². The van der Waals surface area contributed by atoms with Crippen LogP contribution >= 0.6 is 0 Å². The molecule has 0 aliphatic rings. The maximum Gasteiger partial charge on any atom is 0.323 e. The van der Waals surface area contributed by atoms with Gasteiger partial charge >= 0.3 is 12.0 Å². The minimum atomic E-state index is -1.05. The van der Waals surface area contributed by atoms with E-state index in [2.05, 4.69) is 11.9 Å². The Kier molecular flexibility index (Phi) is 6.36. The van der Waals surface area contributed by atoms with Gasteiger partial charge < -0.3 is 19.7 Å². The monoisotopic (exact) mass is 280 g/mol. The van der Waals surface area contributed by atoms with Crippen molar-refractivity contribution < 1.29 is 19.1 Å². The predicted octanol–water partition coefficient (Wildman–Crippen LogP) is 1.88. The number of amides is 2. The van der Waals surface area contributed by atoms with Crippen molar-refractivity contribution in [2.75, 3.05) is 13.1 Å². The van der Waals surface area contributed by atoms with E-state index < -0.39 is 12.0 Å². The minimum absolute atomic E-state index is 0.0753. The molecular formula is C14H20N2O4. The van der Waals surface area contributed by atoms with E-state index in [-0.39, 0.29) is 19.1 Å². The summed E-state index contributed by atoms with van der Waals surface area (Å²) in [6.45, 7) is 5.23. The molecule has 0 aromatic carbocycles. The molecule has 0 saturated carbocycles. The fourth-order valence-corrected chi connectivity index (χ4v) is 1.73. The van der Waals surface area contributed by atoms with Gasteiger partial charge in [0.05, 0.1) is 6.26 Å². The Balaban J connectivity index is 2.41. The summed E-state index contributed by atoms with van der Waals surface area (Å²) in [5.41, 5.74) is 0. The molecule has 0 fully saturated rings. The number of aryl methyl sites for hydroxylation is 1. The molecule has 1 heterocycles. The summed E-state index contributed by atoms with van der Waals surface area (Å²) >= 11 is 0. The van der Waals surface area contributed by atoms with E-state index >= 15 is 0 Å². The molecule has 0 aliphatic carbocycles. The Labute approximate surface area is 118 Å². The predicted molar refractivity (Wildman–Crippen MR) is 74.4 cm³/mol. The third-order valence-electron chi connectivity index (χ3n) is 2.74. The third kappa shape index (κ3) is 5.60. The number of rotatable bonds is 8. The van der Waals surface area contributed by atoms with E-state index in [1.807, 2.05) is 19.1 Å². The van der Waals surface area contributed by atoms with Gasteiger partial charge in [0.2, 0.25) is 0 Å². The molecule has 110 valence electrons. The van der Waals surface area contributed by atoms with Crippen molar-refractivity contribution >= 4 is 12.0 Å². The van der Waals surface area contributed by atoms with Gasteiger partial charge in [0.25, 0.3) is 0 Å². The summed E-state index contributed by atoms with van der Waals surface area (Å²) in [4.78, 5) is 23.8. The Bertz CT molecular complexity index is 442. The first-order valence-corrected chi connectivity index (χ1v) is 6.43. The number of carboxylic acid groups (broad SMARTS) is 1. The van der Waals surface area contributed by atoms with Crippen LogP contribution in [0.5, 0.6) is 0 Å². The molecular weight excluding hydrogens is 260 g/mol. The van der Waals surface area contributed by atoms with Gasteiger partial charge in [0.15, 0.2) is 0 Å². The Morgan fingerprint density at radius 3 is 2.90 bits per heavy atom. The van der Waals surface area contributed by atoms with Crippen LogP contribution in [0.25, 0.3) is 0 Å². The normalized spacial score (nSPS) is 11.7. The zero-order valence-corrected chi connectivity index (χ0v) is 11.5. The summed E-state index contributed by atoms with van der Waals surface area (Å²) in [7, 11) is 0. The number of hydrogen-bond donors (Lipinski definition) is 2. The molecule has 6 heteroatoms. The average molecular weight is 280 g/mol. The SMILES string of the molecule is C=CCN(CC(=O)O)C(=O)NC(C)CCc1ccco1. The number of carbonyl (C=O) groups is 2. The molecule has 1 unspecified atom stereocenters. The molecule has 1 aromatic rings. The summed E-state index contributed by atoms with van der Waals surface area (Å²) in [5.74, 6) is -0.190. The van der Waals surface area contributed by atoms with Gasteiger partial charge in [-0.3, -0.25) is 4.79 Å². The lowest BCUT2D eigenvalue weighted by molar-refractivity contribution is -0.137. The van der Waals surface area contributed by atoms with E-state index in [0.717, 1.165) is 12.2 Å². The van der Waals surface area contributed by atoms with Crippen LogP contribution in [0, 0.1) is 0 Å². The minimum Gasteiger partial charge on any atom is -0.480 e. The van der Waals surface area contributed by atoms with Crippen molar-refractivity contribution in [1.82, 2.24) is 10.2 Å². The smallest absolute Gasteiger partial charge is 0.323 e. The zero-order valence-electron chi connectivity index (χ0n) is 11.5. The first kappa shape index (κ1) is 15.8. The van der Waals surface area contributed by atoms with Gasteiger partial charge in [-0.05, 0) is 25.5 Å². The number of nitrogens with one attached hydrogen (secondary N) is 1. The maximum absolute atomic E-state index is 11.9. The standard InChI is InChI=1S/C14H20N2O4/c1-3-8-16(10-13(17)18)14(19)15-11(2)6-7-12-5-4-9-20-12/h3-5,9,11H,1,6-8,10H2,2H3,(H,15,19)(H,17,18). The highest BCUT2D eigenvalue weighted by atomic mass is 16.4. The molecule has 1 atom stereocenters. The van der Waals surface area contributed by atoms with Crippen LogP contribution in [-0.4, -0.2) is 41.1 Å². The number of carbonyl (C=O) groups excluding carboxylic acids is 1. The molecule has 20 heavy (non-hydrogen) atoms. The van der Waals surface area contributed by atoms with Gasteiger partial charge in [-0.2, -0.15) is 0 Å². The van der Waals surface area contributed by atoms with Gasteiger partial charge in [-0.15, -0.1) is 6.58 Å². The number of aliphatic carboxylic acids is 1. The van der Waals surface area contributed by atoms with Crippen LogP contribution in [0.4, 0.5) is 4.79 Å². The van der Waals surface area contributed by atoms with Crippen molar-refractivity contribution in [2.24, 2.45) is 0 Å². The second-order valence-corrected chi connectivity index (χ2v) is 4.53. The van der Waals surface area contributed by atoms with Crippen molar-refractivity contribution in [1.29, 1.82) is 0 Å². The average Bonchev–Trinajstić information content (AvgIpc) is 2.88. The molecule has 0 saturated heterocycles. The Hall–Kier alpha value is -2.24. The Morgan fingerprint density at radius 2 is 2.35 bits per heavy atom. The number of nitrogens with zero attached hydrogens (tertiary/aromatic N) is 1. The number of furan rings is 1. The maximum atomic E-state index is 11.9. The second kappa shape index (κ2) is 8.04. The van der Waals surface area contributed by atoms with Crippen molar-refractivity contribution in [3.63, 3.8) is 0 Å². The molecule has 0 spiro atoms. The van der Waals surface area contributed by atoms with Crippen LogP contribution in [-0.2, 0) is 11.2 Å². The first-order valence-electron chi connectivity index (χ1n) is 6.43. The van der Waals surface area contributed by atoms with E-state index in [1.54, 1.807) is 6.26 Å². The second-order valence-electron chi connectivity index (χ2n) is 4.53. The summed E-state index contributed by atoms with van der Waals surface area (Å²) in [5, 5.41) is 11.5. The van der Waals surface area contributed by atoms with Gasteiger partial charge in [-0.1, -0.05) is 6.08 Å².